The Morgan fingerprint density at radius 3 is 2.90 bits per heavy atom. The molecule has 8 heteroatoms. The predicted molar refractivity (Wildman–Crippen MR) is 76.9 cm³/mol. The van der Waals surface area contributed by atoms with Crippen LogP contribution in [0.3, 0.4) is 0 Å². The molecule has 0 saturated carbocycles. The number of carboxylic acid groups (broad SMARTS) is 1. The minimum absolute atomic E-state index is 0.0461. The van der Waals surface area contributed by atoms with Crippen molar-refractivity contribution in [3.63, 3.8) is 0 Å². The Hall–Kier alpha value is -1.83. The number of carbonyl (C=O) groups is 1. The molecular formula is C13H14BrFN4O2. The molecule has 1 aromatic carbocycles. The smallest absolute Gasteiger partial charge is 0.303 e. The van der Waals surface area contributed by atoms with Gasteiger partial charge in [0.2, 0.25) is 0 Å². The van der Waals surface area contributed by atoms with Crippen LogP contribution in [0.15, 0.2) is 22.7 Å². The molecule has 1 heterocycles. The number of rotatable bonds is 6. The molecular weight excluding hydrogens is 343 g/mol. The fraction of sp³-hybridized carbons (Fsp3) is 0.385. The van der Waals surface area contributed by atoms with Gasteiger partial charge in [0, 0.05) is 18.5 Å². The maximum absolute atomic E-state index is 13.6. The minimum Gasteiger partial charge on any atom is -0.481 e. The molecule has 0 aliphatic carbocycles. The standard InChI is InChI=1S/C13H14BrFN4O2/c1-2-8(5-12(20)21)7-19-13(16-17-18-19)9-3-4-10(14)11(15)6-9/h3-4,6,8H,2,5,7H2,1H3,(H,20,21). The number of benzene rings is 1. The van der Waals surface area contributed by atoms with Crippen molar-refractivity contribution < 1.29 is 14.3 Å². The van der Waals surface area contributed by atoms with Crippen LogP contribution >= 0.6 is 15.9 Å². The first-order valence-corrected chi connectivity index (χ1v) is 7.24. The van der Waals surface area contributed by atoms with Gasteiger partial charge in [0.1, 0.15) is 5.82 Å². The summed E-state index contributed by atoms with van der Waals surface area (Å²) in [6.07, 6.45) is 0.741. The van der Waals surface area contributed by atoms with Crippen LogP contribution in [0.1, 0.15) is 19.8 Å². The van der Waals surface area contributed by atoms with Crippen molar-refractivity contribution in [3.05, 3.63) is 28.5 Å². The van der Waals surface area contributed by atoms with Gasteiger partial charge in [-0.05, 0) is 50.5 Å². The van der Waals surface area contributed by atoms with E-state index in [9.17, 15) is 9.18 Å². The van der Waals surface area contributed by atoms with Gasteiger partial charge in [0.15, 0.2) is 5.82 Å². The highest BCUT2D eigenvalue weighted by atomic mass is 79.9. The summed E-state index contributed by atoms with van der Waals surface area (Å²) in [6, 6.07) is 4.62. The number of carboxylic acids is 1. The van der Waals surface area contributed by atoms with Gasteiger partial charge < -0.3 is 5.11 Å². The van der Waals surface area contributed by atoms with Crippen molar-refractivity contribution in [3.8, 4) is 11.4 Å². The van der Waals surface area contributed by atoms with Gasteiger partial charge in [-0.25, -0.2) is 9.07 Å². The van der Waals surface area contributed by atoms with Crippen LogP contribution in [-0.4, -0.2) is 31.3 Å². The number of nitrogens with zero attached hydrogens (tertiary/aromatic N) is 4. The number of tetrazole rings is 1. The van der Waals surface area contributed by atoms with Crippen LogP contribution in [0.2, 0.25) is 0 Å². The third-order valence-corrected chi connectivity index (χ3v) is 3.82. The summed E-state index contributed by atoms with van der Waals surface area (Å²) < 4.78 is 15.5. The molecule has 0 amide bonds. The van der Waals surface area contributed by atoms with Crippen LogP contribution in [0, 0.1) is 11.7 Å². The Labute approximate surface area is 129 Å². The van der Waals surface area contributed by atoms with E-state index in [-0.39, 0.29) is 12.3 Å². The lowest BCUT2D eigenvalue weighted by molar-refractivity contribution is -0.138. The third-order valence-electron chi connectivity index (χ3n) is 3.18. The second kappa shape index (κ2) is 6.75. The van der Waals surface area contributed by atoms with Gasteiger partial charge in [0.25, 0.3) is 0 Å². The molecule has 112 valence electrons. The van der Waals surface area contributed by atoms with E-state index in [0.29, 0.717) is 28.8 Å². The van der Waals surface area contributed by atoms with Gasteiger partial charge in [0.05, 0.1) is 4.47 Å². The zero-order chi connectivity index (χ0) is 15.4. The summed E-state index contributed by atoms with van der Waals surface area (Å²) in [6.45, 7) is 2.29. The molecule has 0 aliphatic heterocycles. The summed E-state index contributed by atoms with van der Waals surface area (Å²) in [7, 11) is 0. The third kappa shape index (κ3) is 3.84. The summed E-state index contributed by atoms with van der Waals surface area (Å²) in [5.74, 6) is -0.916. The highest BCUT2D eigenvalue weighted by Crippen LogP contribution is 2.23. The van der Waals surface area contributed by atoms with E-state index in [4.69, 9.17) is 5.11 Å². The SMILES string of the molecule is CCC(CC(=O)O)Cn1nnnc1-c1ccc(Br)c(F)c1. The number of hydrogen-bond donors (Lipinski definition) is 1. The average Bonchev–Trinajstić information content (AvgIpc) is 2.88. The highest BCUT2D eigenvalue weighted by molar-refractivity contribution is 9.10. The van der Waals surface area contributed by atoms with Crippen LogP contribution in [0.4, 0.5) is 4.39 Å². The van der Waals surface area contributed by atoms with E-state index in [1.807, 2.05) is 6.92 Å². The van der Waals surface area contributed by atoms with E-state index in [2.05, 4.69) is 31.5 Å². The first-order valence-electron chi connectivity index (χ1n) is 6.44. The molecule has 0 spiro atoms. The van der Waals surface area contributed by atoms with Gasteiger partial charge >= 0.3 is 5.97 Å². The zero-order valence-electron chi connectivity index (χ0n) is 11.3. The molecule has 1 aromatic heterocycles. The molecule has 0 aliphatic rings. The van der Waals surface area contributed by atoms with E-state index in [1.165, 1.54) is 10.7 Å². The largest absolute Gasteiger partial charge is 0.481 e. The quantitative estimate of drug-likeness (QED) is 0.860. The molecule has 0 saturated heterocycles. The van der Waals surface area contributed by atoms with E-state index in [1.54, 1.807) is 12.1 Å². The molecule has 1 atom stereocenters. The van der Waals surface area contributed by atoms with Crippen LogP contribution < -0.4 is 0 Å². The number of halogens is 2. The highest BCUT2D eigenvalue weighted by Gasteiger charge is 2.17. The van der Waals surface area contributed by atoms with Crippen molar-refractivity contribution >= 4 is 21.9 Å². The maximum atomic E-state index is 13.6. The normalized spacial score (nSPS) is 12.3. The summed E-state index contributed by atoms with van der Waals surface area (Å²) in [5.41, 5.74) is 0.547. The van der Waals surface area contributed by atoms with Crippen LogP contribution in [0.5, 0.6) is 0 Å². The zero-order valence-corrected chi connectivity index (χ0v) is 12.9. The number of aliphatic carboxylic acids is 1. The van der Waals surface area contributed by atoms with Gasteiger partial charge in [-0.15, -0.1) is 5.10 Å². The Morgan fingerprint density at radius 1 is 1.52 bits per heavy atom. The molecule has 0 radical (unpaired) electrons. The first kappa shape index (κ1) is 15.6. The number of aromatic nitrogens is 4. The molecule has 2 aromatic rings. The molecule has 6 nitrogen and oxygen atoms in total. The summed E-state index contributed by atoms with van der Waals surface area (Å²) in [4.78, 5) is 10.8. The Kier molecular flexibility index (Phi) is 5.00. The van der Waals surface area contributed by atoms with Gasteiger partial charge in [-0.2, -0.15) is 0 Å². The molecule has 21 heavy (non-hydrogen) atoms. The monoisotopic (exact) mass is 356 g/mol. The van der Waals surface area contributed by atoms with Crippen LogP contribution in [-0.2, 0) is 11.3 Å². The average molecular weight is 357 g/mol. The van der Waals surface area contributed by atoms with Gasteiger partial charge in [-0.3, -0.25) is 4.79 Å². The van der Waals surface area contributed by atoms with E-state index in [0.717, 1.165) is 0 Å². The van der Waals surface area contributed by atoms with Crippen molar-refractivity contribution in [2.45, 2.75) is 26.3 Å². The Balaban J connectivity index is 2.25. The first-order chi connectivity index (χ1) is 10.0. The summed E-state index contributed by atoms with van der Waals surface area (Å²) in [5, 5.41) is 20.2. The lowest BCUT2D eigenvalue weighted by Crippen LogP contribution is -2.16. The second-order valence-corrected chi connectivity index (χ2v) is 5.54. The fourth-order valence-corrected chi connectivity index (χ4v) is 2.25. The van der Waals surface area contributed by atoms with E-state index >= 15 is 0 Å². The van der Waals surface area contributed by atoms with Crippen LogP contribution in [0.25, 0.3) is 11.4 Å². The van der Waals surface area contributed by atoms with Gasteiger partial charge in [-0.1, -0.05) is 13.3 Å². The van der Waals surface area contributed by atoms with Crippen molar-refractivity contribution in [1.29, 1.82) is 0 Å². The second-order valence-electron chi connectivity index (χ2n) is 4.69. The van der Waals surface area contributed by atoms with Crippen molar-refractivity contribution in [1.82, 2.24) is 20.2 Å². The predicted octanol–water partition coefficient (Wildman–Crippen LogP) is 2.74. The minimum atomic E-state index is -0.855. The Bertz CT molecular complexity index is 647. The maximum Gasteiger partial charge on any atom is 0.303 e. The lowest BCUT2D eigenvalue weighted by atomic mass is 10.0. The molecule has 0 fully saturated rings. The Morgan fingerprint density at radius 2 is 2.29 bits per heavy atom. The molecule has 1 N–H and O–H groups in total. The topological polar surface area (TPSA) is 80.9 Å². The molecule has 2 rings (SSSR count). The number of hydrogen-bond acceptors (Lipinski definition) is 4. The lowest BCUT2D eigenvalue weighted by Gasteiger charge is -2.13. The van der Waals surface area contributed by atoms with Crippen molar-refractivity contribution in [2.24, 2.45) is 5.92 Å². The van der Waals surface area contributed by atoms with E-state index < -0.39 is 11.8 Å². The fourth-order valence-electron chi connectivity index (χ4n) is 2.00. The molecule has 1 unspecified atom stereocenters. The van der Waals surface area contributed by atoms with Crippen molar-refractivity contribution in [2.75, 3.05) is 0 Å². The summed E-state index contributed by atoms with van der Waals surface area (Å²) >= 11 is 3.09. The molecule has 0 bridgehead atoms.